The number of hydrogen-bond acceptors (Lipinski definition) is 5. The van der Waals surface area contributed by atoms with Gasteiger partial charge in [0.25, 0.3) is 5.91 Å². The van der Waals surface area contributed by atoms with Crippen molar-refractivity contribution in [3.05, 3.63) is 66.2 Å². The molecule has 0 saturated carbocycles. The van der Waals surface area contributed by atoms with E-state index in [1.807, 2.05) is 43.3 Å². The molecule has 8 heteroatoms. The predicted octanol–water partition coefficient (Wildman–Crippen LogP) is 5.26. The average molecular weight is 466 g/mol. The second-order valence-corrected chi connectivity index (χ2v) is 11.0. The van der Waals surface area contributed by atoms with Crippen molar-refractivity contribution in [2.75, 3.05) is 11.9 Å². The lowest BCUT2D eigenvalue weighted by atomic mass is 10.1. The molecule has 1 atom stereocenters. The highest BCUT2D eigenvalue weighted by Gasteiger charge is 2.30. The molecule has 0 unspecified atom stereocenters. The molecule has 3 aromatic carbocycles. The van der Waals surface area contributed by atoms with Crippen LogP contribution in [0.5, 0.6) is 0 Å². The lowest BCUT2D eigenvalue weighted by Crippen LogP contribution is -2.41. The Morgan fingerprint density at radius 1 is 1.06 bits per heavy atom. The molecule has 1 amide bonds. The standard InChI is InChI=1S/C24H23N3O3S2/c1-16-6-4-5-15-27(16)32(29,30)19-12-9-18(10-13-19)23(28)26-24-25-22-20-8-3-2-7-17(20)11-14-21(22)31-24/h2-3,7-14,16H,4-6,15H2,1H3,(H,25,26,28)/t16-/m0/s1. The van der Waals surface area contributed by atoms with Crippen LogP contribution in [0.2, 0.25) is 0 Å². The summed E-state index contributed by atoms with van der Waals surface area (Å²) in [5, 5.41) is 5.51. The number of nitrogens with zero attached hydrogens (tertiary/aromatic N) is 2. The largest absolute Gasteiger partial charge is 0.298 e. The zero-order chi connectivity index (χ0) is 22.3. The van der Waals surface area contributed by atoms with Crippen LogP contribution in [-0.2, 0) is 10.0 Å². The highest BCUT2D eigenvalue weighted by Crippen LogP contribution is 2.32. The minimum absolute atomic E-state index is 0.00755. The molecule has 1 aliphatic rings. The number of carbonyl (C=O) groups excluding carboxylic acids is 1. The molecule has 32 heavy (non-hydrogen) atoms. The first-order valence-electron chi connectivity index (χ1n) is 10.6. The van der Waals surface area contributed by atoms with Gasteiger partial charge in [0.1, 0.15) is 0 Å². The Labute approximate surface area is 190 Å². The van der Waals surface area contributed by atoms with Gasteiger partial charge in [-0.25, -0.2) is 13.4 Å². The van der Waals surface area contributed by atoms with Crippen LogP contribution in [0, 0.1) is 0 Å². The number of rotatable bonds is 4. The summed E-state index contributed by atoms with van der Waals surface area (Å²) in [6.07, 6.45) is 2.80. The minimum Gasteiger partial charge on any atom is -0.298 e. The smallest absolute Gasteiger partial charge is 0.257 e. The maximum atomic E-state index is 13.0. The first kappa shape index (κ1) is 21.1. The Morgan fingerprint density at radius 2 is 1.84 bits per heavy atom. The predicted molar refractivity (Wildman–Crippen MR) is 129 cm³/mol. The number of aromatic nitrogens is 1. The van der Waals surface area contributed by atoms with Gasteiger partial charge in [0.05, 0.1) is 15.1 Å². The Kier molecular flexibility index (Phi) is 5.44. The van der Waals surface area contributed by atoms with E-state index in [0.717, 1.165) is 40.3 Å². The summed E-state index contributed by atoms with van der Waals surface area (Å²) >= 11 is 1.42. The van der Waals surface area contributed by atoms with Gasteiger partial charge in [-0.1, -0.05) is 48.1 Å². The quantitative estimate of drug-likeness (QED) is 0.446. The van der Waals surface area contributed by atoms with Crippen molar-refractivity contribution >= 4 is 53.4 Å². The third-order valence-electron chi connectivity index (χ3n) is 5.97. The first-order valence-corrected chi connectivity index (χ1v) is 12.9. The van der Waals surface area contributed by atoms with Crippen molar-refractivity contribution < 1.29 is 13.2 Å². The number of fused-ring (bicyclic) bond motifs is 3. The van der Waals surface area contributed by atoms with Gasteiger partial charge < -0.3 is 0 Å². The SMILES string of the molecule is C[C@H]1CCCCN1S(=O)(=O)c1ccc(C(=O)Nc2nc3c(ccc4ccccc43)s2)cc1. The molecule has 1 saturated heterocycles. The molecule has 0 aliphatic carbocycles. The van der Waals surface area contributed by atoms with Gasteiger partial charge in [-0.05, 0) is 55.5 Å². The molecule has 2 heterocycles. The molecule has 0 spiro atoms. The molecule has 6 nitrogen and oxygen atoms in total. The van der Waals surface area contributed by atoms with Gasteiger partial charge in [0, 0.05) is 23.5 Å². The van der Waals surface area contributed by atoms with E-state index in [1.54, 1.807) is 16.4 Å². The monoisotopic (exact) mass is 465 g/mol. The van der Waals surface area contributed by atoms with Crippen molar-refractivity contribution in [2.45, 2.75) is 37.1 Å². The molecule has 1 N–H and O–H groups in total. The molecule has 0 radical (unpaired) electrons. The summed E-state index contributed by atoms with van der Waals surface area (Å²) in [7, 11) is -3.56. The second-order valence-electron chi connectivity index (χ2n) is 8.09. The Hall–Kier alpha value is -2.81. The third kappa shape index (κ3) is 3.79. The molecule has 5 rings (SSSR count). The fourth-order valence-corrected chi connectivity index (χ4v) is 6.80. The molecular formula is C24H23N3O3S2. The van der Waals surface area contributed by atoms with Gasteiger partial charge in [0.15, 0.2) is 5.13 Å². The van der Waals surface area contributed by atoms with Crippen molar-refractivity contribution in [3.8, 4) is 0 Å². The summed E-state index contributed by atoms with van der Waals surface area (Å²) < 4.78 is 28.5. The Balaban J connectivity index is 1.37. The average Bonchev–Trinajstić information content (AvgIpc) is 3.22. The number of carbonyl (C=O) groups is 1. The molecule has 0 bridgehead atoms. The van der Waals surface area contributed by atoms with Crippen LogP contribution in [0.3, 0.4) is 0 Å². The topological polar surface area (TPSA) is 79.4 Å². The van der Waals surface area contributed by atoms with Gasteiger partial charge in [-0.15, -0.1) is 0 Å². The Morgan fingerprint density at radius 3 is 2.62 bits per heavy atom. The van der Waals surface area contributed by atoms with E-state index in [2.05, 4.69) is 10.3 Å². The third-order valence-corrected chi connectivity index (χ3v) is 8.93. The van der Waals surface area contributed by atoms with Crippen LogP contribution in [0.25, 0.3) is 21.0 Å². The number of nitrogens with one attached hydrogen (secondary N) is 1. The minimum atomic E-state index is -3.56. The van der Waals surface area contributed by atoms with Crippen LogP contribution in [-0.4, -0.2) is 36.2 Å². The van der Waals surface area contributed by atoms with Crippen LogP contribution >= 0.6 is 11.3 Å². The normalized spacial score (nSPS) is 17.6. The Bertz CT molecular complexity index is 1410. The first-order chi connectivity index (χ1) is 15.4. The zero-order valence-electron chi connectivity index (χ0n) is 17.6. The number of hydrogen-bond donors (Lipinski definition) is 1. The van der Waals surface area contributed by atoms with E-state index in [0.29, 0.717) is 17.2 Å². The van der Waals surface area contributed by atoms with Gasteiger partial charge >= 0.3 is 0 Å². The van der Waals surface area contributed by atoms with Gasteiger partial charge in [-0.3, -0.25) is 10.1 Å². The van der Waals surface area contributed by atoms with E-state index in [4.69, 9.17) is 0 Å². The maximum absolute atomic E-state index is 13.0. The lowest BCUT2D eigenvalue weighted by molar-refractivity contribution is 0.102. The van der Waals surface area contributed by atoms with Crippen molar-refractivity contribution in [2.24, 2.45) is 0 Å². The highest BCUT2D eigenvalue weighted by atomic mass is 32.2. The van der Waals surface area contributed by atoms with E-state index in [1.165, 1.54) is 23.5 Å². The summed E-state index contributed by atoms with van der Waals surface area (Å²) in [5.41, 5.74) is 1.25. The number of amides is 1. The number of thiazole rings is 1. The van der Waals surface area contributed by atoms with Crippen LogP contribution in [0.4, 0.5) is 5.13 Å². The summed E-state index contributed by atoms with van der Waals surface area (Å²) in [5.74, 6) is -0.316. The van der Waals surface area contributed by atoms with E-state index in [9.17, 15) is 13.2 Å². The van der Waals surface area contributed by atoms with Crippen molar-refractivity contribution in [1.82, 2.24) is 9.29 Å². The fraction of sp³-hybridized carbons (Fsp3) is 0.250. The zero-order valence-corrected chi connectivity index (χ0v) is 19.2. The van der Waals surface area contributed by atoms with Crippen molar-refractivity contribution in [1.29, 1.82) is 0 Å². The van der Waals surface area contributed by atoms with Crippen LogP contribution < -0.4 is 5.32 Å². The fourth-order valence-electron chi connectivity index (χ4n) is 4.23. The van der Waals surface area contributed by atoms with E-state index < -0.39 is 10.0 Å². The number of piperidine rings is 1. The van der Waals surface area contributed by atoms with Crippen LogP contribution in [0.15, 0.2) is 65.6 Å². The number of anilines is 1. The van der Waals surface area contributed by atoms with E-state index in [-0.39, 0.29) is 16.8 Å². The van der Waals surface area contributed by atoms with Gasteiger partial charge in [-0.2, -0.15) is 4.31 Å². The summed E-state index contributed by atoms with van der Waals surface area (Å²) in [4.78, 5) is 17.6. The van der Waals surface area contributed by atoms with E-state index >= 15 is 0 Å². The summed E-state index contributed by atoms with van der Waals surface area (Å²) in [6, 6.07) is 18.2. The van der Waals surface area contributed by atoms with Gasteiger partial charge in [0.2, 0.25) is 10.0 Å². The molecule has 1 fully saturated rings. The van der Waals surface area contributed by atoms with Crippen molar-refractivity contribution in [3.63, 3.8) is 0 Å². The molecule has 164 valence electrons. The molecular weight excluding hydrogens is 442 g/mol. The molecule has 4 aromatic rings. The lowest BCUT2D eigenvalue weighted by Gasteiger charge is -2.32. The highest BCUT2D eigenvalue weighted by molar-refractivity contribution is 7.89. The van der Waals surface area contributed by atoms with Crippen LogP contribution in [0.1, 0.15) is 36.5 Å². The second kappa shape index (κ2) is 8.27. The molecule has 1 aliphatic heterocycles. The maximum Gasteiger partial charge on any atom is 0.257 e. The summed E-state index contributed by atoms with van der Waals surface area (Å²) in [6.45, 7) is 2.48. The number of sulfonamides is 1. The molecule has 1 aromatic heterocycles. The number of benzene rings is 3.